The van der Waals surface area contributed by atoms with Crippen LogP contribution in [0.2, 0.25) is 0 Å². The number of amides is 2. The topological polar surface area (TPSA) is 103 Å². The molecule has 2 rings (SSSR count). The van der Waals surface area contributed by atoms with E-state index in [1.54, 1.807) is 12.1 Å². The van der Waals surface area contributed by atoms with Gasteiger partial charge in [-0.3, -0.25) is 15.0 Å². The number of nitrogens with one attached hydrogen (secondary N) is 2. The van der Waals surface area contributed by atoms with Crippen LogP contribution in [-0.2, 0) is 18.9 Å². The quantitative estimate of drug-likeness (QED) is 0.316. The van der Waals surface area contributed by atoms with Crippen molar-refractivity contribution in [3.8, 4) is 0 Å². The van der Waals surface area contributed by atoms with E-state index in [9.17, 15) is 9.59 Å². The maximum absolute atomic E-state index is 11.7. The zero-order valence-electron chi connectivity index (χ0n) is 13.2. The van der Waals surface area contributed by atoms with Crippen molar-refractivity contribution in [1.82, 2.24) is 5.43 Å². The molecule has 0 unspecified atom stereocenters. The van der Waals surface area contributed by atoms with Gasteiger partial charge in [-0.1, -0.05) is 18.7 Å². The Hall–Kier alpha value is -2.32. The predicted octanol–water partition coefficient (Wildman–Crippen LogP) is 0.430. The molecular formula is C15H20BN3O4. The first kappa shape index (κ1) is 17.0. The second-order valence-electron chi connectivity index (χ2n) is 5.74. The lowest BCUT2D eigenvalue weighted by atomic mass is 9.79. The number of hydrogen-bond donors (Lipinski definition) is 3. The molecule has 1 aliphatic heterocycles. The lowest BCUT2D eigenvalue weighted by Crippen LogP contribution is -2.34. The molecule has 0 atom stereocenters. The average molecular weight is 317 g/mol. The van der Waals surface area contributed by atoms with Crippen LogP contribution in [0.1, 0.15) is 26.7 Å². The van der Waals surface area contributed by atoms with Gasteiger partial charge in [0.2, 0.25) is 11.8 Å². The molecule has 0 bridgehead atoms. The van der Waals surface area contributed by atoms with E-state index in [0.717, 1.165) is 5.46 Å². The molecule has 0 aliphatic carbocycles. The summed E-state index contributed by atoms with van der Waals surface area (Å²) in [7, 11) is -0.504. The van der Waals surface area contributed by atoms with E-state index in [4.69, 9.17) is 15.2 Å². The van der Waals surface area contributed by atoms with Crippen molar-refractivity contribution in [2.24, 2.45) is 5.84 Å². The maximum atomic E-state index is 11.7. The van der Waals surface area contributed by atoms with Gasteiger partial charge >= 0.3 is 7.12 Å². The summed E-state index contributed by atoms with van der Waals surface area (Å²) >= 11 is 0. The van der Waals surface area contributed by atoms with Crippen molar-refractivity contribution in [3.05, 3.63) is 36.6 Å². The number of benzene rings is 1. The van der Waals surface area contributed by atoms with Gasteiger partial charge in [-0.05, 0) is 31.4 Å². The Morgan fingerprint density at radius 2 is 1.83 bits per heavy atom. The van der Waals surface area contributed by atoms with Crippen molar-refractivity contribution < 1.29 is 18.9 Å². The van der Waals surface area contributed by atoms with Crippen molar-refractivity contribution in [2.75, 3.05) is 5.32 Å². The van der Waals surface area contributed by atoms with Crippen LogP contribution in [0.25, 0.3) is 0 Å². The Morgan fingerprint density at radius 1 is 1.22 bits per heavy atom. The summed E-state index contributed by atoms with van der Waals surface area (Å²) in [6.07, 6.45) is 0.106. The van der Waals surface area contributed by atoms with E-state index in [2.05, 4.69) is 11.9 Å². The van der Waals surface area contributed by atoms with Gasteiger partial charge in [0.1, 0.15) is 5.60 Å². The highest BCUT2D eigenvalue weighted by Gasteiger charge is 2.42. The smallest absolute Gasteiger partial charge is 0.534 e. The SMILES string of the molecule is C=C1OB(c2ccc(NC(=O)CCC(=O)NN)cc2)OC1(C)C. The summed E-state index contributed by atoms with van der Waals surface area (Å²) in [6, 6.07) is 7.11. The van der Waals surface area contributed by atoms with Gasteiger partial charge in [0.05, 0.1) is 5.76 Å². The molecule has 1 aliphatic rings. The molecule has 8 heteroatoms. The Labute approximate surface area is 135 Å². The van der Waals surface area contributed by atoms with Gasteiger partial charge in [0, 0.05) is 18.5 Å². The van der Waals surface area contributed by atoms with Crippen molar-refractivity contribution in [1.29, 1.82) is 0 Å². The lowest BCUT2D eigenvalue weighted by Gasteiger charge is -2.15. The van der Waals surface area contributed by atoms with Crippen LogP contribution in [0.3, 0.4) is 0 Å². The maximum Gasteiger partial charge on any atom is 0.563 e. The zero-order valence-corrected chi connectivity index (χ0v) is 13.2. The van der Waals surface area contributed by atoms with Crippen LogP contribution in [0, 0.1) is 0 Å². The van der Waals surface area contributed by atoms with Crippen LogP contribution < -0.4 is 22.0 Å². The largest absolute Gasteiger partial charge is 0.563 e. The third-order valence-electron chi connectivity index (χ3n) is 3.53. The summed E-state index contributed by atoms with van der Waals surface area (Å²) in [4.78, 5) is 22.7. The Balaban J connectivity index is 1.91. The predicted molar refractivity (Wildman–Crippen MR) is 87.4 cm³/mol. The van der Waals surface area contributed by atoms with Crippen molar-refractivity contribution in [3.63, 3.8) is 0 Å². The van der Waals surface area contributed by atoms with Gasteiger partial charge in [-0.25, -0.2) is 5.84 Å². The Kier molecular flexibility index (Phi) is 5.07. The first-order valence-electron chi connectivity index (χ1n) is 7.25. The molecule has 1 saturated heterocycles. The number of carbonyl (C=O) groups excluding carboxylic acids is 2. The minimum Gasteiger partial charge on any atom is -0.534 e. The second-order valence-corrected chi connectivity index (χ2v) is 5.74. The fourth-order valence-corrected chi connectivity index (χ4v) is 2.01. The first-order chi connectivity index (χ1) is 10.8. The molecule has 1 fully saturated rings. The highest BCUT2D eigenvalue weighted by atomic mass is 16.7. The molecule has 4 N–H and O–H groups in total. The summed E-state index contributed by atoms with van der Waals surface area (Å²) in [5.41, 5.74) is 2.91. The first-order valence-corrected chi connectivity index (χ1v) is 7.25. The van der Waals surface area contributed by atoms with Crippen molar-refractivity contribution >= 4 is 30.1 Å². The van der Waals surface area contributed by atoms with Crippen LogP contribution in [0.5, 0.6) is 0 Å². The van der Waals surface area contributed by atoms with Crippen LogP contribution in [-0.4, -0.2) is 24.5 Å². The molecular weight excluding hydrogens is 297 g/mol. The standard InChI is InChI=1S/C15H20BN3O4/c1-10-15(2,3)23-16(22-10)11-4-6-12(7-5-11)18-13(20)8-9-14(21)19-17/h4-7H,1,8-9,17H2,2-3H3,(H,18,20)(H,19,21). The van der Waals surface area contributed by atoms with Crippen LogP contribution in [0.4, 0.5) is 5.69 Å². The zero-order chi connectivity index (χ0) is 17.0. The molecule has 1 aromatic carbocycles. The number of hydrogen-bond acceptors (Lipinski definition) is 5. The van der Waals surface area contributed by atoms with Crippen LogP contribution >= 0.6 is 0 Å². The van der Waals surface area contributed by atoms with Gasteiger partial charge in [-0.2, -0.15) is 0 Å². The van der Waals surface area contributed by atoms with Gasteiger partial charge in [0.25, 0.3) is 0 Å². The van der Waals surface area contributed by atoms with E-state index in [0.29, 0.717) is 11.4 Å². The van der Waals surface area contributed by atoms with E-state index >= 15 is 0 Å². The van der Waals surface area contributed by atoms with Gasteiger partial charge in [0.15, 0.2) is 0 Å². The fraction of sp³-hybridized carbons (Fsp3) is 0.333. The minimum atomic E-state index is -0.527. The molecule has 0 saturated carbocycles. The fourth-order valence-electron chi connectivity index (χ4n) is 2.01. The average Bonchev–Trinajstić information content (AvgIpc) is 2.79. The number of carbonyl (C=O) groups is 2. The minimum absolute atomic E-state index is 0.0430. The number of anilines is 1. The number of rotatable bonds is 5. The molecule has 2 amide bonds. The molecule has 7 nitrogen and oxygen atoms in total. The Morgan fingerprint density at radius 3 is 2.35 bits per heavy atom. The summed E-state index contributed by atoms with van der Waals surface area (Å²) in [6.45, 7) is 7.62. The normalized spacial score (nSPS) is 16.0. The van der Waals surface area contributed by atoms with E-state index in [-0.39, 0.29) is 24.7 Å². The summed E-state index contributed by atoms with van der Waals surface area (Å²) in [5.74, 6) is 4.90. The number of hydrazine groups is 1. The Bertz CT molecular complexity index is 616. The molecule has 23 heavy (non-hydrogen) atoms. The van der Waals surface area contributed by atoms with Crippen LogP contribution in [0.15, 0.2) is 36.6 Å². The highest BCUT2D eigenvalue weighted by Crippen LogP contribution is 2.29. The van der Waals surface area contributed by atoms with E-state index in [1.807, 2.05) is 31.4 Å². The molecule has 1 aromatic rings. The summed E-state index contributed by atoms with van der Waals surface area (Å²) in [5, 5.41) is 2.71. The monoisotopic (exact) mass is 317 g/mol. The third kappa shape index (κ3) is 4.34. The van der Waals surface area contributed by atoms with Crippen molar-refractivity contribution in [2.45, 2.75) is 32.3 Å². The molecule has 1 heterocycles. The lowest BCUT2D eigenvalue weighted by molar-refractivity contribution is -0.124. The van der Waals surface area contributed by atoms with Gasteiger partial charge < -0.3 is 14.6 Å². The molecule has 0 aromatic heterocycles. The summed E-state index contributed by atoms with van der Waals surface area (Å²) < 4.78 is 11.4. The highest BCUT2D eigenvalue weighted by molar-refractivity contribution is 6.62. The second kappa shape index (κ2) is 6.85. The molecule has 0 radical (unpaired) electrons. The number of nitrogens with two attached hydrogens (primary N) is 1. The van der Waals surface area contributed by atoms with Gasteiger partial charge in [-0.15, -0.1) is 0 Å². The molecule has 0 spiro atoms. The molecule has 122 valence electrons. The third-order valence-corrected chi connectivity index (χ3v) is 3.53. The van der Waals surface area contributed by atoms with E-state index < -0.39 is 12.7 Å². The van der Waals surface area contributed by atoms with E-state index in [1.165, 1.54) is 0 Å².